The van der Waals surface area contributed by atoms with Crippen LogP contribution < -0.4 is 0 Å². The highest BCUT2D eigenvalue weighted by Crippen LogP contribution is 2.58. The molecule has 0 spiro atoms. The summed E-state index contributed by atoms with van der Waals surface area (Å²) in [5.41, 5.74) is 1.12. The van der Waals surface area contributed by atoms with Crippen LogP contribution in [-0.2, 0) is 28.8 Å². The Morgan fingerprint density at radius 2 is 1.35 bits per heavy atom. The van der Waals surface area contributed by atoms with Crippen molar-refractivity contribution in [2.45, 2.75) is 31.6 Å². The summed E-state index contributed by atoms with van der Waals surface area (Å²) in [5, 5.41) is 28.9. The summed E-state index contributed by atoms with van der Waals surface area (Å²) in [6.07, 6.45) is 1.39. The quantitative estimate of drug-likeness (QED) is 0.357. The van der Waals surface area contributed by atoms with Crippen LogP contribution in [0.15, 0.2) is 35.9 Å². The maximum Gasteiger partial charge on any atom is 0.305 e. The van der Waals surface area contributed by atoms with Crippen LogP contribution in [0.25, 0.3) is 0 Å². The van der Waals surface area contributed by atoms with Gasteiger partial charge in [0.15, 0.2) is 0 Å². The number of aromatic hydroxyl groups is 1. The minimum absolute atomic E-state index is 0.0731. The van der Waals surface area contributed by atoms with Crippen LogP contribution in [0.4, 0.5) is 0 Å². The van der Waals surface area contributed by atoms with E-state index in [2.05, 4.69) is 0 Å². The highest BCUT2D eigenvalue weighted by molar-refractivity contribution is 6.08. The number of allylic oxidation sites excluding steroid dienone is 2. The summed E-state index contributed by atoms with van der Waals surface area (Å²) >= 11 is 0. The average Bonchev–Trinajstić information content (AvgIpc) is 3.24. The molecule has 1 aromatic rings. The Labute approximate surface area is 211 Å². The fraction of sp³-hybridized carbons (Fsp3) is 0.462. The number of carbonyl (C=O) groups excluding carboxylic acids is 4. The maximum atomic E-state index is 13.5. The van der Waals surface area contributed by atoms with Crippen LogP contribution in [0.1, 0.15) is 37.2 Å². The molecule has 3 N–H and O–H groups in total. The number of fused-ring (bicyclic) bond motifs is 4. The van der Waals surface area contributed by atoms with Crippen molar-refractivity contribution < 1.29 is 44.1 Å². The number of carbonyl (C=O) groups is 6. The summed E-state index contributed by atoms with van der Waals surface area (Å²) in [5.74, 6) is -8.80. The van der Waals surface area contributed by atoms with E-state index in [1.54, 1.807) is 18.2 Å². The molecule has 0 unspecified atom stereocenters. The van der Waals surface area contributed by atoms with Crippen LogP contribution in [0.2, 0.25) is 0 Å². The van der Waals surface area contributed by atoms with Gasteiger partial charge in [-0.3, -0.25) is 38.6 Å². The van der Waals surface area contributed by atoms with Crippen molar-refractivity contribution in [3.8, 4) is 5.75 Å². The third-order valence-corrected chi connectivity index (χ3v) is 8.20. The van der Waals surface area contributed by atoms with Gasteiger partial charge >= 0.3 is 11.9 Å². The lowest BCUT2D eigenvalue weighted by Gasteiger charge is -2.44. The number of nitrogens with zero attached hydrogens (tertiary/aromatic N) is 2. The van der Waals surface area contributed by atoms with Crippen LogP contribution in [0, 0.1) is 29.6 Å². The number of likely N-dealkylation sites (tertiary alicyclic amines) is 2. The zero-order chi connectivity index (χ0) is 26.6. The number of rotatable bonds is 7. The second kappa shape index (κ2) is 9.13. The first-order valence-electron chi connectivity index (χ1n) is 12.2. The van der Waals surface area contributed by atoms with E-state index in [4.69, 9.17) is 10.2 Å². The summed E-state index contributed by atoms with van der Waals surface area (Å²) < 4.78 is 0. The number of aliphatic carboxylic acids is 2. The van der Waals surface area contributed by atoms with Crippen LogP contribution in [0.3, 0.4) is 0 Å². The van der Waals surface area contributed by atoms with E-state index in [1.807, 2.05) is 6.08 Å². The molecule has 194 valence electrons. The molecule has 5 rings (SSSR count). The van der Waals surface area contributed by atoms with Gasteiger partial charge in [0, 0.05) is 24.6 Å². The van der Waals surface area contributed by atoms with Gasteiger partial charge in [-0.05, 0) is 24.8 Å². The molecule has 0 bridgehead atoms. The van der Waals surface area contributed by atoms with E-state index >= 15 is 0 Å². The minimum Gasteiger partial charge on any atom is -0.508 e. The predicted molar refractivity (Wildman–Crippen MR) is 124 cm³/mol. The van der Waals surface area contributed by atoms with Crippen LogP contribution in [0.5, 0.6) is 5.75 Å². The number of para-hydroxylation sites is 1. The molecule has 37 heavy (non-hydrogen) atoms. The molecule has 1 saturated carbocycles. The van der Waals surface area contributed by atoms with Crippen molar-refractivity contribution in [1.82, 2.24) is 9.80 Å². The number of hydrogen-bond donors (Lipinski definition) is 3. The molecule has 2 aliphatic heterocycles. The Hall–Kier alpha value is -4.02. The average molecular weight is 510 g/mol. The fourth-order valence-corrected chi connectivity index (χ4v) is 6.67. The molecule has 0 radical (unpaired) electrons. The number of imide groups is 2. The molecule has 2 heterocycles. The first kappa shape index (κ1) is 24.7. The zero-order valence-electron chi connectivity index (χ0n) is 19.8. The Kier molecular flexibility index (Phi) is 6.09. The van der Waals surface area contributed by atoms with Gasteiger partial charge in [-0.2, -0.15) is 0 Å². The molecule has 0 aromatic heterocycles. The van der Waals surface area contributed by atoms with Crippen molar-refractivity contribution in [1.29, 1.82) is 0 Å². The van der Waals surface area contributed by atoms with Crippen LogP contribution in [-0.4, -0.2) is 73.8 Å². The van der Waals surface area contributed by atoms with Gasteiger partial charge < -0.3 is 15.3 Å². The Morgan fingerprint density at radius 1 is 0.784 bits per heavy atom. The normalized spacial score (nSPS) is 30.6. The van der Waals surface area contributed by atoms with E-state index in [9.17, 15) is 33.9 Å². The number of carboxylic acids is 2. The molecule has 2 aliphatic carbocycles. The molecule has 11 heteroatoms. The topological polar surface area (TPSA) is 170 Å². The number of phenols is 1. The monoisotopic (exact) mass is 510 g/mol. The molecule has 4 amide bonds. The Morgan fingerprint density at radius 3 is 1.95 bits per heavy atom. The number of carboxylic acid groups (broad SMARTS) is 2. The van der Waals surface area contributed by atoms with Crippen molar-refractivity contribution in [3.63, 3.8) is 0 Å². The number of benzene rings is 1. The molecular formula is C26H26N2O9. The highest BCUT2D eigenvalue weighted by atomic mass is 16.4. The number of hydrogen-bond acceptors (Lipinski definition) is 7. The van der Waals surface area contributed by atoms with Gasteiger partial charge in [0.25, 0.3) is 0 Å². The first-order valence-corrected chi connectivity index (χ1v) is 12.2. The highest BCUT2D eigenvalue weighted by Gasteiger charge is 2.62. The van der Waals surface area contributed by atoms with Gasteiger partial charge in [-0.1, -0.05) is 29.8 Å². The molecule has 6 atom stereocenters. The lowest BCUT2D eigenvalue weighted by atomic mass is 9.57. The summed E-state index contributed by atoms with van der Waals surface area (Å²) in [6, 6.07) is 6.45. The van der Waals surface area contributed by atoms with Gasteiger partial charge in [-0.15, -0.1) is 0 Å². The minimum atomic E-state index is -1.15. The van der Waals surface area contributed by atoms with Gasteiger partial charge in [0.2, 0.25) is 23.6 Å². The Bertz CT molecular complexity index is 1250. The van der Waals surface area contributed by atoms with E-state index < -0.39 is 77.5 Å². The molecule has 1 aromatic carbocycles. The molecule has 3 fully saturated rings. The first-order chi connectivity index (χ1) is 17.6. The second-order valence-electron chi connectivity index (χ2n) is 10.0. The summed E-state index contributed by atoms with van der Waals surface area (Å²) in [7, 11) is 0. The van der Waals surface area contributed by atoms with Crippen LogP contribution >= 0.6 is 0 Å². The molecule has 11 nitrogen and oxygen atoms in total. The number of amides is 4. The van der Waals surface area contributed by atoms with Gasteiger partial charge in [0.05, 0.1) is 36.5 Å². The van der Waals surface area contributed by atoms with E-state index in [0.29, 0.717) is 11.1 Å². The van der Waals surface area contributed by atoms with Gasteiger partial charge in [-0.25, -0.2) is 0 Å². The standard InChI is InChI=1S/C26H26N2O9/c29-17-4-2-1-3-13(17)20-12-5-6-14-21(25(36)27(23(14)34)9-7-18(30)31)15(12)11-16-22(20)26(37)28(24(16)35)10-8-19(32)33/h1-5,14-16,20-22,29H,6-11H2,(H,30,31)(H,32,33)/t14-,15+,16+,20+,21-,22+/m0/s1. The lowest BCUT2D eigenvalue weighted by Crippen LogP contribution is -2.43. The van der Waals surface area contributed by atoms with Crippen molar-refractivity contribution in [3.05, 3.63) is 41.5 Å². The maximum absolute atomic E-state index is 13.5. The predicted octanol–water partition coefficient (Wildman–Crippen LogP) is 0.978. The van der Waals surface area contributed by atoms with Crippen molar-refractivity contribution in [2.24, 2.45) is 29.6 Å². The second-order valence-corrected chi connectivity index (χ2v) is 10.0. The SMILES string of the molecule is O=C(O)CCN1C(=O)[C@H]2[C@H](CC=C3[C@H]2C[C@H]2C(=O)N(CCC(=O)O)C(=O)[C@H]2[C@H]3c2ccccc2O)C1=O. The van der Waals surface area contributed by atoms with E-state index in [1.165, 1.54) is 6.07 Å². The molecule has 4 aliphatic rings. The van der Waals surface area contributed by atoms with E-state index in [-0.39, 0.29) is 38.1 Å². The van der Waals surface area contributed by atoms with E-state index in [0.717, 1.165) is 9.80 Å². The summed E-state index contributed by atoms with van der Waals surface area (Å²) in [4.78, 5) is 77.5. The third-order valence-electron chi connectivity index (χ3n) is 8.20. The van der Waals surface area contributed by atoms with Crippen molar-refractivity contribution >= 4 is 35.6 Å². The summed E-state index contributed by atoms with van der Waals surface area (Å²) in [6.45, 7) is -0.513. The lowest BCUT2D eigenvalue weighted by molar-refractivity contribution is -0.145. The smallest absolute Gasteiger partial charge is 0.305 e. The Balaban J connectivity index is 1.56. The fourth-order valence-electron chi connectivity index (χ4n) is 6.67. The van der Waals surface area contributed by atoms with Gasteiger partial charge in [0.1, 0.15) is 5.75 Å². The third kappa shape index (κ3) is 3.89. The van der Waals surface area contributed by atoms with Crippen molar-refractivity contribution in [2.75, 3.05) is 13.1 Å². The largest absolute Gasteiger partial charge is 0.508 e. The number of phenolic OH excluding ortho intramolecular Hbond substituents is 1. The molecule has 2 saturated heterocycles. The molecular weight excluding hydrogens is 484 g/mol. The zero-order valence-corrected chi connectivity index (χ0v) is 19.8.